The Kier molecular flexibility index (Phi) is 3.42. The maximum atomic E-state index is 5.91. The molecule has 24 heavy (non-hydrogen) atoms. The third-order valence-electron chi connectivity index (χ3n) is 3.65. The topological polar surface area (TPSA) is 83.5 Å². The standard InChI is InChI=1S/C16H15N7O/c1-11-7-8-12(17-9-11)10-24-16-18-13-5-3-4-6-14(13)23(16)15-19-20-21-22(15)2/h3-9H,10H2,1-2H3. The summed E-state index contributed by atoms with van der Waals surface area (Å²) in [6.07, 6.45) is 1.81. The van der Waals surface area contributed by atoms with E-state index in [4.69, 9.17) is 4.74 Å². The molecule has 0 N–H and O–H groups in total. The van der Waals surface area contributed by atoms with Crippen molar-refractivity contribution >= 4 is 11.0 Å². The quantitative estimate of drug-likeness (QED) is 0.570. The van der Waals surface area contributed by atoms with Crippen molar-refractivity contribution in [3.8, 4) is 12.0 Å². The zero-order valence-corrected chi connectivity index (χ0v) is 13.3. The lowest BCUT2D eigenvalue weighted by atomic mass is 10.3. The maximum absolute atomic E-state index is 5.91. The van der Waals surface area contributed by atoms with Gasteiger partial charge in [-0.15, -0.1) is 0 Å². The molecule has 3 heterocycles. The molecule has 0 radical (unpaired) electrons. The number of ether oxygens (including phenoxy) is 1. The maximum Gasteiger partial charge on any atom is 0.305 e. The smallest absolute Gasteiger partial charge is 0.305 e. The van der Waals surface area contributed by atoms with Crippen molar-refractivity contribution in [1.29, 1.82) is 0 Å². The van der Waals surface area contributed by atoms with Crippen LogP contribution in [0.15, 0.2) is 42.6 Å². The number of aromatic nitrogens is 7. The average Bonchev–Trinajstić information content (AvgIpc) is 3.17. The average molecular weight is 321 g/mol. The first-order valence-corrected chi connectivity index (χ1v) is 7.47. The number of para-hydroxylation sites is 2. The molecule has 0 atom stereocenters. The van der Waals surface area contributed by atoms with Gasteiger partial charge < -0.3 is 4.74 Å². The van der Waals surface area contributed by atoms with Crippen LogP contribution in [0.3, 0.4) is 0 Å². The number of rotatable bonds is 4. The van der Waals surface area contributed by atoms with Crippen LogP contribution in [0.1, 0.15) is 11.3 Å². The number of tetrazole rings is 1. The van der Waals surface area contributed by atoms with Crippen LogP contribution in [-0.2, 0) is 13.7 Å². The Morgan fingerprint density at radius 2 is 2.00 bits per heavy atom. The molecular formula is C16H15N7O. The van der Waals surface area contributed by atoms with Crippen LogP contribution in [0, 0.1) is 6.92 Å². The third kappa shape index (κ3) is 2.47. The largest absolute Gasteiger partial charge is 0.458 e. The number of benzene rings is 1. The molecular weight excluding hydrogens is 306 g/mol. The molecule has 0 saturated heterocycles. The fraction of sp³-hybridized carbons (Fsp3) is 0.188. The van der Waals surface area contributed by atoms with E-state index in [-0.39, 0.29) is 0 Å². The predicted molar refractivity (Wildman–Crippen MR) is 86.7 cm³/mol. The highest BCUT2D eigenvalue weighted by molar-refractivity contribution is 5.78. The van der Waals surface area contributed by atoms with Crippen molar-refractivity contribution in [1.82, 2.24) is 34.7 Å². The summed E-state index contributed by atoms with van der Waals surface area (Å²) in [5.41, 5.74) is 3.63. The molecule has 1 aromatic carbocycles. The zero-order valence-electron chi connectivity index (χ0n) is 13.3. The monoisotopic (exact) mass is 321 g/mol. The summed E-state index contributed by atoms with van der Waals surface area (Å²) < 4.78 is 9.28. The molecule has 4 rings (SSSR count). The summed E-state index contributed by atoms with van der Waals surface area (Å²) >= 11 is 0. The zero-order chi connectivity index (χ0) is 16.5. The van der Waals surface area contributed by atoms with Crippen LogP contribution in [0.5, 0.6) is 6.01 Å². The Balaban J connectivity index is 1.74. The van der Waals surface area contributed by atoms with E-state index in [1.54, 1.807) is 16.3 Å². The highest BCUT2D eigenvalue weighted by Crippen LogP contribution is 2.25. The Hall–Kier alpha value is -3.29. The van der Waals surface area contributed by atoms with Crippen LogP contribution in [-0.4, -0.2) is 34.7 Å². The van der Waals surface area contributed by atoms with Crippen LogP contribution in [0.4, 0.5) is 0 Å². The summed E-state index contributed by atoms with van der Waals surface area (Å²) in [5, 5.41) is 11.7. The van der Waals surface area contributed by atoms with Crippen molar-refractivity contribution in [2.45, 2.75) is 13.5 Å². The van der Waals surface area contributed by atoms with Gasteiger partial charge in [-0.05, 0) is 41.1 Å². The van der Waals surface area contributed by atoms with E-state index in [9.17, 15) is 0 Å². The molecule has 4 aromatic rings. The van der Waals surface area contributed by atoms with Gasteiger partial charge in [0, 0.05) is 13.2 Å². The fourth-order valence-electron chi connectivity index (χ4n) is 2.43. The molecule has 0 saturated carbocycles. The Labute approximate surface area is 137 Å². The number of hydrogen-bond acceptors (Lipinski definition) is 6. The fourth-order valence-corrected chi connectivity index (χ4v) is 2.43. The summed E-state index contributed by atoms with van der Waals surface area (Å²) in [4.78, 5) is 8.90. The summed E-state index contributed by atoms with van der Waals surface area (Å²) in [7, 11) is 1.77. The van der Waals surface area contributed by atoms with E-state index < -0.39 is 0 Å². The summed E-state index contributed by atoms with van der Waals surface area (Å²) in [6, 6.07) is 12.1. The van der Waals surface area contributed by atoms with Gasteiger partial charge >= 0.3 is 6.01 Å². The van der Waals surface area contributed by atoms with Crippen molar-refractivity contribution in [3.63, 3.8) is 0 Å². The lowest BCUT2D eigenvalue weighted by Crippen LogP contribution is -2.08. The molecule has 0 aliphatic heterocycles. The molecule has 0 spiro atoms. The van der Waals surface area contributed by atoms with Crippen LogP contribution in [0.2, 0.25) is 0 Å². The molecule has 0 aliphatic rings. The number of nitrogens with zero attached hydrogens (tertiary/aromatic N) is 7. The van der Waals surface area contributed by atoms with E-state index in [2.05, 4.69) is 25.5 Å². The number of aryl methyl sites for hydroxylation is 2. The van der Waals surface area contributed by atoms with Crippen LogP contribution >= 0.6 is 0 Å². The van der Waals surface area contributed by atoms with Crippen LogP contribution < -0.4 is 4.74 Å². The van der Waals surface area contributed by atoms with Crippen LogP contribution in [0.25, 0.3) is 17.0 Å². The number of pyridine rings is 1. The van der Waals surface area contributed by atoms with Gasteiger partial charge in [-0.1, -0.05) is 23.3 Å². The van der Waals surface area contributed by atoms with E-state index >= 15 is 0 Å². The summed E-state index contributed by atoms with van der Waals surface area (Å²) in [6.45, 7) is 2.31. The summed E-state index contributed by atoms with van der Waals surface area (Å²) in [5.74, 6) is 0.538. The third-order valence-corrected chi connectivity index (χ3v) is 3.65. The van der Waals surface area contributed by atoms with Gasteiger partial charge in [0.1, 0.15) is 6.61 Å². The lowest BCUT2D eigenvalue weighted by molar-refractivity contribution is 0.272. The van der Waals surface area contributed by atoms with Crippen molar-refractivity contribution in [3.05, 3.63) is 53.9 Å². The Bertz CT molecular complexity index is 987. The number of imidazole rings is 1. The van der Waals surface area contributed by atoms with Crippen molar-refractivity contribution < 1.29 is 4.74 Å². The second-order valence-corrected chi connectivity index (χ2v) is 5.44. The molecule has 8 heteroatoms. The Morgan fingerprint density at radius 1 is 1.12 bits per heavy atom. The molecule has 0 bridgehead atoms. The molecule has 3 aromatic heterocycles. The first-order chi connectivity index (χ1) is 11.7. The highest BCUT2D eigenvalue weighted by atomic mass is 16.5. The van der Waals surface area contributed by atoms with Gasteiger partial charge in [0.25, 0.3) is 5.95 Å². The minimum absolute atomic E-state index is 0.314. The van der Waals surface area contributed by atoms with Crippen molar-refractivity contribution in [2.24, 2.45) is 7.05 Å². The molecule has 0 amide bonds. The highest BCUT2D eigenvalue weighted by Gasteiger charge is 2.17. The second kappa shape index (κ2) is 5.73. The van der Waals surface area contributed by atoms with Gasteiger partial charge in [0.2, 0.25) is 0 Å². The van der Waals surface area contributed by atoms with Gasteiger partial charge in [-0.25, -0.2) is 9.25 Å². The first-order valence-electron chi connectivity index (χ1n) is 7.47. The van der Waals surface area contributed by atoms with Crippen molar-refractivity contribution in [2.75, 3.05) is 0 Å². The first kappa shape index (κ1) is 14.3. The van der Waals surface area contributed by atoms with Gasteiger partial charge in [0.15, 0.2) is 0 Å². The lowest BCUT2D eigenvalue weighted by Gasteiger charge is -2.08. The predicted octanol–water partition coefficient (Wildman–Crippen LogP) is 1.83. The van der Waals surface area contributed by atoms with Gasteiger partial charge in [0.05, 0.1) is 16.7 Å². The van der Waals surface area contributed by atoms with E-state index in [1.807, 2.05) is 49.5 Å². The molecule has 8 nitrogen and oxygen atoms in total. The van der Waals surface area contributed by atoms with E-state index in [1.165, 1.54) is 0 Å². The van der Waals surface area contributed by atoms with Gasteiger partial charge in [-0.3, -0.25) is 4.98 Å². The minimum atomic E-state index is 0.314. The molecule has 120 valence electrons. The molecule has 0 fully saturated rings. The van der Waals surface area contributed by atoms with E-state index in [0.717, 1.165) is 22.3 Å². The Morgan fingerprint density at radius 3 is 2.75 bits per heavy atom. The van der Waals surface area contributed by atoms with Gasteiger partial charge in [-0.2, -0.15) is 4.98 Å². The number of hydrogen-bond donors (Lipinski definition) is 0. The molecule has 0 unspecified atom stereocenters. The minimum Gasteiger partial charge on any atom is -0.458 e. The number of fused-ring (bicyclic) bond motifs is 1. The second-order valence-electron chi connectivity index (χ2n) is 5.44. The van der Waals surface area contributed by atoms with E-state index in [0.29, 0.717) is 18.6 Å². The normalized spacial score (nSPS) is 11.1. The molecule has 0 aliphatic carbocycles. The SMILES string of the molecule is Cc1ccc(COc2nc3ccccc3n2-c2nnnn2C)nc1.